The van der Waals surface area contributed by atoms with E-state index in [0.29, 0.717) is 6.54 Å². The van der Waals surface area contributed by atoms with E-state index in [9.17, 15) is 4.79 Å². The molecule has 3 rings (SSSR count). The first kappa shape index (κ1) is 18.2. The van der Waals surface area contributed by atoms with Gasteiger partial charge in [0.05, 0.1) is 5.25 Å². The summed E-state index contributed by atoms with van der Waals surface area (Å²) in [4.78, 5) is 12.4. The van der Waals surface area contributed by atoms with E-state index in [0.717, 1.165) is 27.7 Å². The van der Waals surface area contributed by atoms with E-state index in [1.54, 1.807) is 0 Å². The van der Waals surface area contributed by atoms with Crippen LogP contribution in [0.4, 0.5) is 0 Å². The zero-order valence-corrected chi connectivity index (χ0v) is 16.0. The van der Waals surface area contributed by atoms with Crippen molar-refractivity contribution in [3.8, 4) is 11.4 Å². The van der Waals surface area contributed by atoms with Crippen LogP contribution in [-0.2, 0) is 18.4 Å². The third-order valence-corrected chi connectivity index (χ3v) is 5.32. The van der Waals surface area contributed by atoms with Crippen LogP contribution in [0, 0.1) is 6.92 Å². The normalized spacial score (nSPS) is 12.0. The molecule has 0 saturated heterocycles. The predicted molar refractivity (Wildman–Crippen MR) is 105 cm³/mol. The summed E-state index contributed by atoms with van der Waals surface area (Å²) in [5.74, 6) is 0.793. The number of amides is 1. The molecule has 0 saturated carbocycles. The van der Waals surface area contributed by atoms with Crippen LogP contribution in [-0.4, -0.2) is 25.9 Å². The minimum absolute atomic E-state index is 0.0145. The molecule has 0 aliphatic rings. The first-order chi connectivity index (χ1) is 12.6. The van der Waals surface area contributed by atoms with Gasteiger partial charge in [0, 0.05) is 19.2 Å². The highest BCUT2D eigenvalue weighted by Crippen LogP contribution is 2.27. The van der Waals surface area contributed by atoms with Crippen molar-refractivity contribution in [2.24, 2.45) is 7.05 Å². The zero-order chi connectivity index (χ0) is 18.5. The van der Waals surface area contributed by atoms with E-state index < -0.39 is 0 Å². The van der Waals surface area contributed by atoms with Crippen molar-refractivity contribution in [1.82, 2.24) is 20.1 Å². The summed E-state index contributed by atoms with van der Waals surface area (Å²) in [7, 11) is 1.93. The highest BCUT2D eigenvalue weighted by atomic mass is 32.2. The zero-order valence-electron chi connectivity index (χ0n) is 15.1. The van der Waals surface area contributed by atoms with Crippen LogP contribution in [0.1, 0.15) is 18.1 Å². The molecule has 0 unspecified atom stereocenters. The second-order valence-electron chi connectivity index (χ2n) is 6.14. The smallest absolute Gasteiger partial charge is 0.233 e. The quantitative estimate of drug-likeness (QED) is 0.677. The van der Waals surface area contributed by atoms with Crippen LogP contribution in [0.3, 0.4) is 0 Å². The van der Waals surface area contributed by atoms with E-state index in [4.69, 9.17) is 0 Å². The number of aryl methyl sites for hydroxylation is 1. The largest absolute Gasteiger partial charge is 0.351 e. The fourth-order valence-corrected chi connectivity index (χ4v) is 3.46. The Morgan fingerprint density at radius 3 is 2.54 bits per heavy atom. The standard InChI is InChI=1S/C20H22N4OS/c1-14-9-7-8-12-17(14)18-22-23-20(24(18)3)26-15(2)19(25)21-13-16-10-5-4-6-11-16/h4-12,15H,13H2,1-3H3,(H,21,25)/t15-/m1/s1. The summed E-state index contributed by atoms with van der Waals surface area (Å²) in [6.07, 6.45) is 0. The van der Waals surface area contributed by atoms with Crippen molar-refractivity contribution in [2.75, 3.05) is 0 Å². The van der Waals surface area contributed by atoms with E-state index in [2.05, 4.69) is 28.5 Å². The lowest BCUT2D eigenvalue weighted by atomic mass is 10.1. The van der Waals surface area contributed by atoms with Crippen molar-refractivity contribution < 1.29 is 4.79 Å². The van der Waals surface area contributed by atoms with Crippen molar-refractivity contribution >= 4 is 17.7 Å². The molecule has 5 nitrogen and oxygen atoms in total. The molecule has 2 aromatic carbocycles. The first-order valence-corrected chi connectivity index (χ1v) is 9.38. The van der Waals surface area contributed by atoms with Crippen molar-refractivity contribution in [3.63, 3.8) is 0 Å². The first-order valence-electron chi connectivity index (χ1n) is 8.50. The Morgan fingerprint density at radius 2 is 1.81 bits per heavy atom. The molecule has 1 atom stereocenters. The maximum atomic E-state index is 12.4. The average Bonchev–Trinajstić information content (AvgIpc) is 3.01. The Bertz CT molecular complexity index is 892. The van der Waals surface area contributed by atoms with Gasteiger partial charge in [0.25, 0.3) is 0 Å². The van der Waals surface area contributed by atoms with Crippen LogP contribution in [0.25, 0.3) is 11.4 Å². The Labute approximate surface area is 157 Å². The van der Waals surface area contributed by atoms with Gasteiger partial charge < -0.3 is 9.88 Å². The summed E-state index contributed by atoms with van der Waals surface area (Å²) >= 11 is 1.41. The number of nitrogens with zero attached hydrogens (tertiary/aromatic N) is 3. The summed E-state index contributed by atoms with van der Waals surface area (Å²) in [5.41, 5.74) is 3.28. The molecule has 0 aliphatic heterocycles. The number of aromatic nitrogens is 3. The number of hydrogen-bond donors (Lipinski definition) is 1. The number of nitrogens with one attached hydrogen (secondary N) is 1. The van der Waals surface area contributed by atoms with Gasteiger partial charge in [-0.2, -0.15) is 0 Å². The minimum atomic E-state index is -0.258. The third kappa shape index (κ3) is 4.14. The van der Waals surface area contributed by atoms with Crippen LogP contribution in [0.5, 0.6) is 0 Å². The number of hydrogen-bond acceptors (Lipinski definition) is 4. The number of rotatable bonds is 6. The van der Waals surface area contributed by atoms with Gasteiger partial charge >= 0.3 is 0 Å². The maximum Gasteiger partial charge on any atom is 0.233 e. The van der Waals surface area contributed by atoms with Crippen molar-refractivity contribution in [3.05, 3.63) is 65.7 Å². The Balaban J connectivity index is 1.65. The fourth-order valence-electron chi connectivity index (χ4n) is 2.62. The molecular weight excluding hydrogens is 344 g/mol. The molecule has 1 aromatic heterocycles. The van der Waals surface area contributed by atoms with Crippen molar-refractivity contribution in [1.29, 1.82) is 0 Å². The highest BCUT2D eigenvalue weighted by Gasteiger charge is 2.19. The lowest BCUT2D eigenvalue weighted by molar-refractivity contribution is -0.120. The monoisotopic (exact) mass is 366 g/mol. The summed E-state index contributed by atoms with van der Waals surface area (Å²) < 4.78 is 1.94. The molecule has 6 heteroatoms. The maximum absolute atomic E-state index is 12.4. The molecule has 1 amide bonds. The molecule has 3 aromatic rings. The predicted octanol–water partition coefficient (Wildman–Crippen LogP) is 3.59. The van der Waals surface area contributed by atoms with Gasteiger partial charge in [-0.3, -0.25) is 4.79 Å². The van der Waals surface area contributed by atoms with Gasteiger partial charge in [-0.05, 0) is 25.0 Å². The summed E-state index contributed by atoms with van der Waals surface area (Å²) in [5, 5.41) is 12.0. The van der Waals surface area contributed by atoms with E-state index in [1.807, 2.05) is 67.1 Å². The van der Waals surface area contributed by atoms with Crippen molar-refractivity contribution in [2.45, 2.75) is 30.8 Å². The lowest BCUT2D eigenvalue weighted by Crippen LogP contribution is -2.30. The second-order valence-corrected chi connectivity index (χ2v) is 7.45. The molecule has 0 fully saturated rings. The van der Waals surface area contributed by atoms with E-state index in [-0.39, 0.29) is 11.2 Å². The Kier molecular flexibility index (Phi) is 5.73. The number of carbonyl (C=O) groups is 1. The van der Waals surface area contributed by atoms with Crippen LogP contribution < -0.4 is 5.32 Å². The van der Waals surface area contributed by atoms with E-state index >= 15 is 0 Å². The SMILES string of the molecule is Cc1ccccc1-c1nnc(S[C@H](C)C(=O)NCc2ccccc2)n1C. The lowest BCUT2D eigenvalue weighted by Gasteiger charge is -2.12. The minimum Gasteiger partial charge on any atom is -0.351 e. The molecule has 0 radical (unpaired) electrons. The van der Waals surface area contributed by atoms with Gasteiger partial charge in [-0.1, -0.05) is 66.4 Å². The van der Waals surface area contributed by atoms with E-state index in [1.165, 1.54) is 11.8 Å². The molecule has 0 aliphatic carbocycles. The van der Waals surface area contributed by atoms with Gasteiger partial charge in [-0.25, -0.2) is 0 Å². The van der Waals surface area contributed by atoms with Gasteiger partial charge in [0.15, 0.2) is 11.0 Å². The Hall–Kier alpha value is -2.60. The van der Waals surface area contributed by atoms with Gasteiger partial charge in [-0.15, -0.1) is 10.2 Å². The molecule has 0 bridgehead atoms. The number of carbonyl (C=O) groups excluding carboxylic acids is 1. The summed E-state index contributed by atoms with van der Waals surface area (Å²) in [6, 6.07) is 18.0. The number of benzene rings is 2. The molecular formula is C20H22N4OS. The molecule has 0 spiro atoms. The average molecular weight is 366 g/mol. The molecule has 1 N–H and O–H groups in total. The third-order valence-electron chi connectivity index (χ3n) is 4.18. The van der Waals surface area contributed by atoms with Crippen LogP contribution in [0.2, 0.25) is 0 Å². The highest BCUT2D eigenvalue weighted by molar-refractivity contribution is 8.00. The van der Waals surface area contributed by atoms with Gasteiger partial charge in [0.2, 0.25) is 5.91 Å². The summed E-state index contributed by atoms with van der Waals surface area (Å²) in [6.45, 7) is 4.46. The second kappa shape index (κ2) is 8.19. The Morgan fingerprint density at radius 1 is 1.12 bits per heavy atom. The topological polar surface area (TPSA) is 59.8 Å². The van der Waals surface area contributed by atoms with Crippen LogP contribution in [0.15, 0.2) is 59.8 Å². The number of thioether (sulfide) groups is 1. The van der Waals surface area contributed by atoms with Crippen LogP contribution >= 0.6 is 11.8 Å². The molecule has 134 valence electrons. The van der Waals surface area contributed by atoms with Gasteiger partial charge in [0.1, 0.15) is 0 Å². The fraction of sp³-hybridized carbons (Fsp3) is 0.250. The molecule has 26 heavy (non-hydrogen) atoms. The molecule has 1 heterocycles.